The maximum atomic E-state index is 6.51. The summed E-state index contributed by atoms with van der Waals surface area (Å²) >= 11 is 0. The van der Waals surface area contributed by atoms with Gasteiger partial charge in [-0.25, -0.2) is 0 Å². The van der Waals surface area contributed by atoms with Crippen LogP contribution in [-0.4, -0.2) is 6.10 Å². The molecule has 37 heavy (non-hydrogen) atoms. The fourth-order valence-corrected chi connectivity index (χ4v) is 10.7. The van der Waals surface area contributed by atoms with Gasteiger partial charge < -0.3 is 16.2 Å². The Morgan fingerprint density at radius 2 is 1.76 bits per heavy atom. The molecule has 4 aliphatic carbocycles. The van der Waals surface area contributed by atoms with E-state index in [2.05, 4.69) is 34.6 Å². The predicted octanol–water partition coefficient (Wildman–Crippen LogP) is 9.11. The lowest BCUT2D eigenvalue weighted by Crippen LogP contribution is -2.55. The monoisotopic (exact) mass is 508 g/mol. The Bertz CT molecular complexity index is 928. The number of ether oxygens (including phenoxy) is 1. The van der Waals surface area contributed by atoms with Gasteiger partial charge in [0.1, 0.15) is 5.75 Å². The smallest absolute Gasteiger partial charge is 0.142 e. The molecule has 0 bridgehead atoms. The van der Waals surface area contributed by atoms with Crippen molar-refractivity contribution in [3.63, 3.8) is 0 Å². The number of anilines is 2. The van der Waals surface area contributed by atoms with E-state index in [9.17, 15) is 0 Å². The fraction of sp³-hybridized carbons (Fsp3) is 0.824. The number of hydrogen-bond donors (Lipinski definition) is 2. The van der Waals surface area contributed by atoms with Crippen molar-refractivity contribution in [2.45, 2.75) is 124 Å². The lowest BCUT2D eigenvalue weighted by Gasteiger charge is -2.62. The summed E-state index contributed by atoms with van der Waals surface area (Å²) in [6.45, 7) is 12.6. The molecule has 4 saturated carbocycles. The molecule has 0 spiro atoms. The molecule has 4 N–H and O–H groups in total. The van der Waals surface area contributed by atoms with Gasteiger partial charge in [-0.3, -0.25) is 0 Å². The number of nitrogens with two attached hydrogens (primary N) is 2. The molecule has 1 aromatic carbocycles. The molecule has 9 atom stereocenters. The van der Waals surface area contributed by atoms with Crippen molar-refractivity contribution in [2.24, 2.45) is 52.3 Å². The van der Waals surface area contributed by atoms with Crippen LogP contribution in [0.25, 0.3) is 0 Å². The van der Waals surface area contributed by atoms with Crippen LogP contribution in [0.3, 0.4) is 0 Å². The Balaban J connectivity index is 1.27. The molecule has 0 heterocycles. The first kappa shape index (κ1) is 27.2. The number of fused-ring (bicyclic) bond motifs is 5. The zero-order valence-corrected chi connectivity index (χ0v) is 24.6. The van der Waals surface area contributed by atoms with Gasteiger partial charge >= 0.3 is 0 Å². The Labute approximate surface area is 227 Å². The van der Waals surface area contributed by atoms with Gasteiger partial charge in [0.15, 0.2) is 0 Å². The third-order valence-corrected chi connectivity index (χ3v) is 12.5. The van der Waals surface area contributed by atoms with Crippen molar-refractivity contribution in [3.05, 3.63) is 18.2 Å². The Hall–Kier alpha value is -1.38. The van der Waals surface area contributed by atoms with Gasteiger partial charge in [-0.1, -0.05) is 53.9 Å². The minimum Gasteiger partial charge on any atom is -0.488 e. The molecule has 0 aliphatic heterocycles. The first-order valence-corrected chi connectivity index (χ1v) is 16.0. The van der Waals surface area contributed by atoms with Gasteiger partial charge in [0.2, 0.25) is 0 Å². The van der Waals surface area contributed by atoms with Crippen molar-refractivity contribution in [1.29, 1.82) is 0 Å². The van der Waals surface area contributed by atoms with E-state index in [4.69, 9.17) is 16.2 Å². The van der Waals surface area contributed by atoms with E-state index in [0.29, 0.717) is 28.3 Å². The summed E-state index contributed by atoms with van der Waals surface area (Å²) in [5.74, 6) is 7.20. The average molecular weight is 509 g/mol. The highest BCUT2D eigenvalue weighted by Crippen LogP contribution is 2.69. The summed E-state index contributed by atoms with van der Waals surface area (Å²) in [4.78, 5) is 0. The summed E-state index contributed by atoms with van der Waals surface area (Å²) in [7, 11) is 0. The summed E-state index contributed by atoms with van der Waals surface area (Å²) in [5.41, 5.74) is 14.7. The molecule has 208 valence electrons. The largest absolute Gasteiger partial charge is 0.488 e. The molecule has 3 nitrogen and oxygen atoms in total. The molecule has 0 amide bonds. The average Bonchev–Trinajstić information content (AvgIpc) is 3.22. The molecule has 1 aromatic rings. The zero-order chi connectivity index (χ0) is 26.4. The molecule has 9 unspecified atom stereocenters. The molecule has 0 saturated heterocycles. The van der Waals surface area contributed by atoms with Gasteiger partial charge in [0.05, 0.1) is 11.8 Å². The van der Waals surface area contributed by atoms with E-state index >= 15 is 0 Å². The van der Waals surface area contributed by atoms with Crippen LogP contribution in [0.1, 0.15) is 118 Å². The second-order valence-corrected chi connectivity index (χ2v) is 14.6. The van der Waals surface area contributed by atoms with Crippen molar-refractivity contribution in [3.8, 4) is 5.75 Å². The van der Waals surface area contributed by atoms with E-state index in [-0.39, 0.29) is 0 Å². The van der Waals surface area contributed by atoms with Gasteiger partial charge in [0.25, 0.3) is 0 Å². The van der Waals surface area contributed by atoms with E-state index in [1.54, 1.807) is 0 Å². The maximum Gasteiger partial charge on any atom is 0.142 e. The lowest BCUT2D eigenvalue weighted by atomic mass is 9.43. The first-order valence-electron chi connectivity index (χ1n) is 16.0. The number of rotatable bonds is 8. The second kappa shape index (κ2) is 10.6. The van der Waals surface area contributed by atoms with E-state index in [1.165, 1.54) is 83.5 Å². The third kappa shape index (κ3) is 4.91. The highest BCUT2D eigenvalue weighted by molar-refractivity contribution is 5.60. The topological polar surface area (TPSA) is 61.3 Å². The van der Waals surface area contributed by atoms with Crippen molar-refractivity contribution in [1.82, 2.24) is 0 Å². The predicted molar refractivity (Wildman–Crippen MR) is 157 cm³/mol. The number of hydrogen-bond acceptors (Lipinski definition) is 3. The molecule has 3 heteroatoms. The SMILES string of the molecule is CCC12CCC(Oc3ccc(N)cc3N)CC1CCC1C3CCC(C(C)CCCC(C)C)C3(C)CCC12. The van der Waals surface area contributed by atoms with Crippen LogP contribution in [0.4, 0.5) is 11.4 Å². The number of benzene rings is 1. The third-order valence-electron chi connectivity index (χ3n) is 12.5. The zero-order valence-electron chi connectivity index (χ0n) is 24.6. The van der Waals surface area contributed by atoms with Gasteiger partial charge in [-0.15, -0.1) is 0 Å². The van der Waals surface area contributed by atoms with Crippen LogP contribution < -0.4 is 16.2 Å². The van der Waals surface area contributed by atoms with Gasteiger partial charge in [-0.05, 0) is 135 Å². The standard InChI is InChI=1S/C34H56N2O/c1-6-34-19-16-26(37-32-15-11-25(35)21-31(32)36)20-24(34)10-12-27-29-14-13-28(23(4)9-7-8-22(2)3)33(29,5)18-17-30(27)34/h11,15,21-24,26-30H,6-10,12-14,16-20,35-36H2,1-5H3. The minimum absolute atomic E-state index is 0.295. The van der Waals surface area contributed by atoms with Crippen LogP contribution >= 0.6 is 0 Å². The molecule has 0 aromatic heterocycles. The number of nitrogen functional groups attached to an aromatic ring is 2. The molecule has 0 radical (unpaired) electrons. The van der Waals surface area contributed by atoms with Crippen LogP contribution in [-0.2, 0) is 0 Å². The minimum atomic E-state index is 0.295. The summed E-state index contributed by atoms with van der Waals surface area (Å²) in [5, 5.41) is 0. The fourth-order valence-electron chi connectivity index (χ4n) is 10.7. The lowest BCUT2D eigenvalue weighted by molar-refractivity contribution is -0.137. The van der Waals surface area contributed by atoms with Crippen molar-refractivity contribution in [2.75, 3.05) is 11.5 Å². The quantitative estimate of drug-likeness (QED) is 0.344. The molecule has 4 fully saturated rings. The van der Waals surface area contributed by atoms with Crippen LogP contribution in [0.15, 0.2) is 18.2 Å². The van der Waals surface area contributed by atoms with Crippen LogP contribution in [0.5, 0.6) is 5.75 Å². The van der Waals surface area contributed by atoms with Crippen molar-refractivity contribution < 1.29 is 4.74 Å². The van der Waals surface area contributed by atoms with Gasteiger partial charge in [-0.2, -0.15) is 0 Å². The van der Waals surface area contributed by atoms with Crippen LogP contribution in [0, 0.1) is 52.3 Å². The molecule has 5 rings (SSSR count). The Morgan fingerprint density at radius 3 is 2.49 bits per heavy atom. The van der Waals surface area contributed by atoms with E-state index in [1.807, 2.05) is 18.2 Å². The van der Waals surface area contributed by atoms with Crippen LogP contribution in [0.2, 0.25) is 0 Å². The summed E-state index contributed by atoms with van der Waals surface area (Å²) in [6.07, 6.45) is 18.5. The maximum absolute atomic E-state index is 6.51. The highest BCUT2D eigenvalue weighted by atomic mass is 16.5. The summed E-state index contributed by atoms with van der Waals surface area (Å²) in [6, 6.07) is 5.71. The Morgan fingerprint density at radius 1 is 0.946 bits per heavy atom. The molecular formula is C34H56N2O. The molecule has 4 aliphatic rings. The van der Waals surface area contributed by atoms with E-state index < -0.39 is 0 Å². The Kier molecular flexibility index (Phi) is 7.83. The summed E-state index contributed by atoms with van der Waals surface area (Å²) < 4.78 is 6.51. The highest BCUT2D eigenvalue weighted by Gasteiger charge is 2.61. The second-order valence-electron chi connectivity index (χ2n) is 14.6. The first-order chi connectivity index (χ1) is 17.7. The van der Waals surface area contributed by atoms with Gasteiger partial charge in [0, 0.05) is 5.69 Å². The van der Waals surface area contributed by atoms with Crippen molar-refractivity contribution >= 4 is 11.4 Å². The normalized spacial score (nSPS) is 40.1. The van der Waals surface area contributed by atoms with E-state index in [0.717, 1.165) is 47.2 Å². The molecular weight excluding hydrogens is 452 g/mol.